The molecule has 0 radical (unpaired) electrons. The van der Waals surface area contributed by atoms with E-state index < -0.39 is 0 Å². The molecule has 2 heterocycles. The standard InChI is InChI=1S/C21H19NO4/c1-3-26-21(24)19-13(2)22(11-14-8-9-25-12-14)20-16-7-5-4-6-15(16)18(23)10-17(19)20/h4-10,12,23H,3,11H2,1-2H3. The minimum atomic E-state index is -0.379. The molecule has 4 rings (SSSR count). The van der Waals surface area contributed by atoms with Gasteiger partial charge in [0.15, 0.2) is 0 Å². The lowest BCUT2D eigenvalue weighted by Crippen LogP contribution is -2.08. The molecule has 132 valence electrons. The SMILES string of the molecule is CCOC(=O)c1c(C)n(Cc2ccoc2)c2c1cc(O)c1ccccc12. The molecule has 5 nitrogen and oxygen atoms in total. The molecule has 0 fully saturated rings. The summed E-state index contributed by atoms with van der Waals surface area (Å²) >= 11 is 0. The predicted octanol–water partition coefficient (Wildman–Crippen LogP) is 4.63. The minimum absolute atomic E-state index is 0.152. The minimum Gasteiger partial charge on any atom is -0.507 e. The Kier molecular flexibility index (Phi) is 3.92. The predicted molar refractivity (Wildman–Crippen MR) is 99.6 cm³/mol. The summed E-state index contributed by atoms with van der Waals surface area (Å²) in [7, 11) is 0. The summed E-state index contributed by atoms with van der Waals surface area (Å²) < 4.78 is 12.5. The molecule has 1 N–H and O–H groups in total. The average Bonchev–Trinajstić information content (AvgIpc) is 3.23. The fraction of sp³-hybridized carbons (Fsp3) is 0.190. The fourth-order valence-corrected chi connectivity index (χ4v) is 3.54. The van der Waals surface area contributed by atoms with Gasteiger partial charge in [-0.3, -0.25) is 0 Å². The molecule has 2 aromatic carbocycles. The summed E-state index contributed by atoms with van der Waals surface area (Å²) in [5.74, 6) is -0.227. The van der Waals surface area contributed by atoms with Crippen LogP contribution in [0.25, 0.3) is 21.7 Å². The van der Waals surface area contributed by atoms with Crippen molar-refractivity contribution in [1.29, 1.82) is 0 Å². The molecular formula is C21H19NO4. The number of phenols is 1. The van der Waals surface area contributed by atoms with Gasteiger partial charge in [-0.25, -0.2) is 4.79 Å². The van der Waals surface area contributed by atoms with E-state index in [0.717, 1.165) is 27.5 Å². The summed E-state index contributed by atoms with van der Waals surface area (Å²) in [5, 5.41) is 12.8. The van der Waals surface area contributed by atoms with E-state index >= 15 is 0 Å². The number of hydrogen-bond acceptors (Lipinski definition) is 4. The summed E-state index contributed by atoms with van der Waals surface area (Å²) in [6.45, 7) is 4.54. The summed E-state index contributed by atoms with van der Waals surface area (Å²) in [6, 6.07) is 11.2. The van der Waals surface area contributed by atoms with Gasteiger partial charge in [-0.05, 0) is 26.0 Å². The number of ether oxygens (including phenoxy) is 1. The van der Waals surface area contributed by atoms with Crippen LogP contribution in [0.1, 0.15) is 28.5 Å². The van der Waals surface area contributed by atoms with Crippen LogP contribution < -0.4 is 0 Å². The number of rotatable bonds is 4. The van der Waals surface area contributed by atoms with E-state index in [1.807, 2.05) is 37.3 Å². The Morgan fingerprint density at radius 3 is 2.65 bits per heavy atom. The molecule has 0 spiro atoms. The number of carbonyl (C=O) groups excluding carboxylic acids is 1. The van der Waals surface area contributed by atoms with Gasteiger partial charge < -0.3 is 18.8 Å². The topological polar surface area (TPSA) is 64.6 Å². The largest absolute Gasteiger partial charge is 0.507 e. The van der Waals surface area contributed by atoms with Gasteiger partial charge in [0, 0.05) is 27.4 Å². The van der Waals surface area contributed by atoms with E-state index in [1.54, 1.807) is 25.5 Å². The molecule has 0 saturated carbocycles. The van der Waals surface area contributed by atoms with Crippen LogP contribution >= 0.6 is 0 Å². The van der Waals surface area contributed by atoms with Crippen LogP contribution in [0.3, 0.4) is 0 Å². The number of nitrogens with zero attached hydrogens (tertiary/aromatic N) is 1. The van der Waals surface area contributed by atoms with Crippen LogP contribution in [0.5, 0.6) is 5.75 Å². The Morgan fingerprint density at radius 2 is 1.96 bits per heavy atom. The molecule has 0 atom stereocenters. The van der Waals surface area contributed by atoms with Gasteiger partial charge in [-0.1, -0.05) is 24.3 Å². The molecule has 0 amide bonds. The molecule has 0 aliphatic carbocycles. The van der Waals surface area contributed by atoms with E-state index in [1.165, 1.54) is 0 Å². The van der Waals surface area contributed by atoms with Crippen LogP contribution in [-0.2, 0) is 11.3 Å². The molecule has 0 saturated heterocycles. The third-order valence-corrected chi connectivity index (χ3v) is 4.70. The monoisotopic (exact) mass is 349 g/mol. The van der Waals surface area contributed by atoms with Crippen molar-refractivity contribution in [3.63, 3.8) is 0 Å². The van der Waals surface area contributed by atoms with Crippen molar-refractivity contribution in [2.45, 2.75) is 20.4 Å². The van der Waals surface area contributed by atoms with E-state index in [0.29, 0.717) is 24.1 Å². The Hall–Kier alpha value is -3.21. The van der Waals surface area contributed by atoms with E-state index in [-0.39, 0.29) is 11.7 Å². The Balaban J connectivity index is 2.09. The molecule has 2 aromatic heterocycles. The maximum absolute atomic E-state index is 12.6. The number of aromatic hydroxyl groups is 1. The van der Waals surface area contributed by atoms with E-state index in [9.17, 15) is 9.90 Å². The van der Waals surface area contributed by atoms with Crippen molar-refractivity contribution in [2.24, 2.45) is 0 Å². The highest BCUT2D eigenvalue weighted by atomic mass is 16.5. The first kappa shape index (κ1) is 16.3. The van der Waals surface area contributed by atoms with Gasteiger partial charge in [0.25, 0.3) is 0 Å². The van der Waals surface area contributed by atoms with Gasteiger partial charge >= 0.3 is 5.97 Å². The smallest absolute Gasteiger partial charge is 0.340 e. The lowest BCUT2D eigenvalue weighted by molar-refractivity contribution is 0.0527. The second-order valence-electron chi connectivity index (χ2n) is 6.24. The lowest BCUT2D eigenvalue weighted by Gasteiger charge is -2.10. The number of hydrogen-bond donors (Lipinski definition) is 1. The third kappa shape index (κ3) is 2.44. The summed E-state index contributed by atoms with van der Waals surface area (Å²) in [6.07, 6.45) is 3.32. The van der Waals surface area contributed by atoms with Crippen molar-refractivity contribution in [3.8, 4) is 5.75 Å². The molecule has 0 aliphatic heterocycles. The Morgan fingerprint density at radius 1 is 1.19 bits per heavy atom. The number of phenolic OH excluding ortho intramolecular Hbond substituents is 1. The average molecular weight is 349 g/mol. The number of aromatic nitrogens is 1. The van der Waals surface area contributed by atoms with Crippen LogP contribution in [0.15, 0.2) is 53.3 Å². The van der Waals surface area contributed by atoms with Crippen molar-refractivity contribution in [1.82, 2.24) is 4.57 Å². The molecule has 0 unspecified atom stereocenters. The van der Waals surface area contributed by atoms with Crippen LogP contribution in [0.4, 0.5) is 0 Å². The number of carbonyl (C=O) groups is 1. The van der Waals surface area contributed by atoms with Crippen LogP contribution in [0, 0.1) is 6.92 Å². The summed E-state index contributed by atoms with van der Waals surface area (Å²) in [4.78, 5) is 12.6. The summed E-state index contributed by atoms with van der Waals surface area (Å²) in [5.41, 5.74) is 3.19. The number of furan rings is 1. The lowest BCUT2D eigenvalue weighted by atomic mass is 10.0. The van der Waals surface area contributed by atoms with Gasteiger partial charge in [-0.2, -0.15) is 0 Å². The second kappa shape index (κ2) is 6.26. The highest BCUT2D eigenvalue weighted by Gasteiger charge is 2.24. The molecule has 26 heavy (non-hydrogen) atoms. The zero-order chi connectivity index (χ0) is 18.3. The first-order valence-corrected chi connectivity index (χ1v) is 8.53. The Labute approximate surface area is 150 Å². The maximum atomic E-state index is 12.6. The molecular weight excluding hydrogens is 330 g/mol. The highest BCUT2D eigenvalue weighted by Crippen LogP contribution is 2.38. The normalized spacial score (nSPS) is 11.3. The van der Waals surface area contributed by atoms with Crippen molar-refractivity contribution < 1.29 is 19.1 Å². The fourth-order valence-electron chi connectivity index (χ4n) is 3.54. The van der Waals surface area contributed by atoms with Crippen molar-refractivity contribution >= 4 is 27.6 Å². The van der Waals surface area contributed by atoms with E-state index in [4.69, 9.17) is 9.15 Å². The Bertz CT molecular complexity index is 1110. The van der Waals surface area contributed by atoms with Gasteiger partial charge in [0.05, 0.1) is 36.8 Å². The van der Waals surface area contributed by atoms with Crippen LogP contribution in [0.2, 0.25) is 0 Å². The molecule has 5 heteroatoms. The molecule has 4 aromatic rings. The van der Waals surface area contributed by atoms with Gasteiger partial charge in [0.2, 0.25) is 0 Å². The van der Waals surface area contributed by atoms with Crippen molar-refractivity contribution in [3.05, 3.63) is 65.7 Å². The molecule has 0 bridgehead atoms. The number of fused-ring (bicyclic) bond motifs is 3. The first-order chi connectivity index (χ1) is 12.6. The molecule has 0 aliphatic rings. The quantitative estimate of drug-likeness (QED) is 0.546. The zero-order valence-corrected chi connectivity index (χ0v) is 14.7. The van der Waals surface area contributed by atoms with Gasteiger partial charge in [-0.15, -0.1) is 0 Å². The highest BCUT2D eigenvalue weighted by molar-refractivity contribution is 6.16. The number of benzene rings is 2. The van der Waals surface area contributed by atoms with Gasteiger partial charge in [0.1, 0.15) is 5.75 Å². The second-order valence-corrected chi connectivity index (χ2v) is 6.24. The maximum Gasteiger partial charge on any atom is 0.340 e. The van der Waals surface area contributed by atoms with E-state index in [2.05, 4.69) is 4.57 Å². The van der Waals surface area contributed by atoms with Crippen LogP contribution in [-0.4, -0.2) is 22.2 Å². The number of esters is 1. The zero-order valence-electron chi connectivity index (χ0n) is 14.7. The third-order valence-electron chi connectivity index (χ3n) is 4.70. The first-order valence-electron chi connectivity index (χ1n) is 8.53. The van der Waals surface area contributed by atoms with Crippen molar-refractivity contribution in [2.75, 3.05) is 6.61 Å².